The Morgan fingerprint density at radius 2 is 1.77 bits per heavy atom. The summed E-state index contributed by atoms with van der Waals surface area (Å²) in [5.41, 5.74) is 0.0687. The summed E-state index contributed by atoms with van der Waals surface area (Å²) in [5, 5.41) is 13.4. The van der Waals surface area contributed by atoms with Crippen molar-refractivity contribution in [1.82, 2.24) is 0 Å². The minimum absolute atomic E-state index is 0.108. The van der Waals surface area contributed by atoms with Gasteiger partial charge in [0.25, 0.3) is 11.6 Å². The lowest BCUT2D eigenvalue weighted by Crippen LogP contribution is -2.21. The molecule has 0 aliphatic rings. The van der Waals surface area contributed by atoms with Gasteiger partial charge in [-0.15, -0.1) is 0 Å². The monoisotopic (exact) mass is 360 g/mol. The molecule has 0 aliphatic heterocycles. The molecule has 0 saturated heterocycles. The largest absolute Gasteiger partial charge is 0.497 e. The quantitative estimate of drug-likeness (QED) is 0.458. The van der Waals surface area contributed by atoms with Crippen molar-refractivity contribution in [2.24, 2.45) is 0 Å². The van der Waals surface area contributed by atoms with Gasteiger partial charge < -0.3 is 19.5 Å². The van der Waals surface area contributed by atoms with E-state index in [1.165, 1.54) is 26.4 Å². The molecule has 0 spiro atoms. The van der Waals surface area contributed by atoms with E-state index in [1.807, 2.05) is 0 Å². The summed E-state index contributed by atoms with van der Waals surface area (Å²) in [6, 6.07) is 10.1. The number of anilines is 1. The zero-order chi connectivity index (χ0) is 19.1. The van der Waals surface area contributed by atoms with E-state index in [9.17, 15) is 19.7 Å². The number of nitro groups is 1. The van der Waals surface area contributed by atoms with Crippen LogP contribution < -0.4 is 14.8 Å². The van der Waals surface area contributed by atoms with Gasteiger partial charge in [-0.2, -0.15) is 0 Å². The van der Waals surface area contributed by atoms with Crippen molar-refractivity contribution >= 4 is 23.3 Å². The number of benzene rings is 2. The Bertz CT molecular complexity index is 818. The molecule has 2 aromatic rings. The third-order valence-electron chi connectivity index (χ3n) is 3.32. The van der Waals surface area contributed by atoms with Gasteiger partial charge in [-0.3, -0.25) is 14.9 Å². The second-order valence-electron chi connectivity index (χ2n) is 4.99. The molecule has 1 amide bonds. The van der Waals surface area contributed by atoms with Crippen LogP contribution in [0, 0.1) is 10.1 Å². The first kappa shape index (κ1) is 18.7. The summed E-state index contributed by atoms with van der Waals surface area (Å²) < 4.78 is 14.9. The van der Waals surface area contributed by atoms with Gasteiger partial charge in [-0.05, 0) is 30.3 Å². The fourth-order valence-electron chi connectivity index (χ4n) is 2.05. The van der Waals surface area contributed by atoms with E-state index in [4.69, 9.17) is 14.2 Å². The molecule has 136 valence electrons. The third kappa shape index (κ3) is 4.69. The van der Waals surface area contributed by atoms with Crippen molar-refractivity contribution in [3.05, 3.63) is 58.1 Å². The molecule has 26 heavy (non-hydrogen) atoms. The molecule has 0 bridgehead atoms. The van der Waals surface area contributed by atoms with E-state index in [0.29, 0.717) is 11.4 Å². The number of carbonyl (C=O) groups is 2. The molecule has 0 unspecified atom stereocenters. The molecule has 2 rings (SSSR count). The summed E-state index contributed by atoms with van der Waals surface area (Å²) in [5.74, 6) is -0.730. The van der Waals surface area contributed by atoms with E-state index < -0.39 is 23.4 Å². The van der Waals surface area contributed by atoms with Crippen LogP contribution in [0.25, 0.3) is 0 Å². The smallest absolute Gasteiger partial charge is 0.342 e. The fourth-order valence-corrected chi connectivity index (χ4v) is 2.05. The maximum absolute atomic E-state index is 12.1. The average molecular weight is 360 g/mol. The Balaban J connectivity index is 1.99. The number of rotatable bonds is 7. The van der Waals surface area contributed by atoms with Crippen LogP contribution in [0.5, 0.6) is 11.5 Å². The number of nitro benzene ring substituents is 1. The number of hydrogen-bond donors (Lipinski definition) is 1. The van der Waals surface area contributed by atoms with Crippen LogP contribution in [0.15, 0.2) is 42.5 Å². The number of ether oxygens (including phenoxy) is 3. The second-order valence-corrected chi connectivity index (χ2v) is 4.99. The highest BCUT2D eigenvalue weighted by molar-refractivity contribution is 5.97. The predicted molar refractivity (Wildman–Crippen MR) is 91.6 cm³/mol. The van der Waals surface area contributed by atoms with Crippen LogP contribution in [-0.4, -0.2) is 37.6 Å². The van der Waals surface area contributed by atoms with Gasteiger partial charge in [0.05, 0.1) is 19.1 Å². The van der Waals surface area contributed by atoms with Crippen LogP contribution >= 0.6 is 0 Å². The van der Waals surface area contributed by atoms with Crippen LogP contribution in [0.1, 0.15) is 10.4 Å². The van der Waals surface area contributed by atoms with E-state index in [2.05, 4.69) is 5.32 Å². The molecule has 9 heteroatoms. The van der Waals surface area contributed by atoms with Crippen molar-refractivity contribution in [1.29, 1.82) is 0 Å². The van der Waals surface area contributed by atoms with Crippen LogP contribution in [0.2, 0.25) is 0 Å². The molecule has 0 aromatic heterocycles. The summed E-state index contributed by atoms with van der Waals surface area (Å²) in [4.78, 5) is 34.2. The number of hydrogen-bond acceptors (Lipinski definition) is 7. The highest BCUT2D eigenvalue weighted by Crippen LogP contribution is 2.24. The number of non-ortho nitro benzene ring substituents is 1. The Hall–Kier alpha value is -3.62. The number of methoxy groups -OCH3 is 2. The second kappa shape index (κ2) is 8.47. The van der Waals surface area contributed by atoms with Gasteiger partial charge in [0.1, 0.15) is 17.1 Å². The average Bonchev–Trinajstić information content (AvgIpc) is 2.66. The first-order chi connectivity index (χ1) is 12.4. The molecular weight excluding hydrogens is 344 g/mol. The number of nitrogens with zero attached hydrogens (tertiary/aromatic N) is 1. The van der Waals surface area contributed by atoms with Gasteiger partial charge in [-0.25, -0.2) is 4.79 Å². The van der Waals surface area contributed by atoms with Crippen LogP contribution in [0.4, 0.5) is 11.4 Å². The Kier molecular flexibility index (Phi) is 6.10. The lowest BCUT2D eigenvalue weighted by atomic mass is 10.2. The van der Waals surface area contributed by atoms with Crippen LogP contribution in [0.3, 0.4) is 0 Å². The minimum atomic E-state index is -0.907. The predicted octanol–water partition coefficient (Wildman–Crippen LogP) is 2.41. The van der Waals surface area contributed by atoms with Crippen LogP contribution in [-0.2, 0) is 9.53 Å². The standard InChI is InChI=1S/C17H16N2O7/c1-24-13-6-3-11(4-7-13)18-16(20)10-26-17(21)14-9-12(19(22)23)5-8-15(14)25-2/h3-9H,10H2,1-2H3,(H,18,20). The van der Waals surface area contributed by atoms with Gasteiger partial charge in [0, 0.05) is 17.8 Å². The topological polar surface area (TPSA) is 117 Å². The van der Waals surface area contributed by atoms with E-state index in [0.717, 1.165) is 6.07 Å². The van der Waals surface area contributed by atoms with Crippen molar-refractivity contribution in [3.63, 3.8) is 0 Å². The fraction of sp³-hybridized carbons (Fsp3) is 0.176. The molecule has 0 atom stereocenters. The van der Waals surface area contributed by atoms with E-state index >= 15 is 0 Å². The van der Waals surface area contributed by atoms with Crippen molar-refractivity contribution in [2.75, 3.05) is 26.1 Å². The zero-order valence-corrected chi connectivity index (χ0v) is 14.1. The maximum atomic E-state index is 12.1. The highest BCUT2D eigenvalue weighted by atomic mass is 16.6. The number of nitrogens with one attached hydrogen (secondary N) is 1. The first-order valence-corrected chi connectivity index (χ1v) is 7.38. The highest BCUT2D eigenvalue weighted by Gasteiger charge is 2.19. The maximum Gasteiger partial charge on any atom is 0.342 e. The summed E-state index contributed by atoms with van der Waals surface area (Å²) in [6.07, 6.45) is 0. The SMILES string of the molecule is COc1ccc(NC(=O)COC(=O)c2cc([N+](=O)[O-])ccc2OC)cc1. The molecule has 0 heterocycles. The molecule has 0 fully saturated rings. The minimum Gasteiger partial charge on any atom is -0.497 e. The summed E-state index contributed by atoms with van der Waals surface area (Å²) in [6.45, 7) is -0.559. The normalized spacial score (nSPS) is 9.92. The number of amides is 1. The van der Waals surface area contributed by atoms with Crippen molar-refractivity contribution in [3.8, 4) is 11.5 Å². The van der Waals surface area contributed by atoms with E-state index in [1.54, 1.807) is 24.3 Å². The number of esters is 1. The zero-order valence-electron chi connectivity index (χ0n) is 14.1. The molecule has 0 radical (unpaired) electrons. The van der Waals surface area contributed by atoms with Gasteiger partial charge in [-0.1, -0.05) is 0 Å². The Labute approximate surface area is 148 Å². The Morgan fingerprint density at radius 3 is 2.35 bits per heavy atom. The molecule has 2 aromatic carbocycles. The number of carbonyl (C=O) groups excluding carboxylic acids is 2. The van der Waals surface area contributed by atoms with Gasteiger partial charge in [0.15, 0.2) is 6.61 Å². The van der Waals surface area contributed by atoms with Crippen molar-refractivity contribution < 1.29 is 28.7 Å². The van der Waals surface area contributed by atoms with Crippen molar-refractivity contribution in [2.45, 2.75) is 0 Å². The van der Waals surface area contributed by atoms with E-state index in [-0.39, 0.29) is 17.0 Å². The molecule has 1 N–H and O–H groups in total. The Morgan fingerprint density at radius 1 is 1.08 bits per heavy atom. The molecule has 9 nitrogen and oxygen atoms in total. The lowest BCUT2D eigenvalue weighted by Gasteiger charge is -2.09. The third-order valence-corrected chi connectivity index (χ3v) is 3.32. The molecular formula is C17H16N2O7. The van der Waals surface area contributed by atoms with Gasteiger partial charge in [0.2, 0.25) is 0 Å². The van der Waals surface area contributed by atoms with Gasteiger partial charge >= 0.3 is 5.97 Å². The summed E-state index contributed by atoms with van der Waals surface area (Å²) in [7, 11) is 2.84. The molecule has 0 saturated carbocycles. The summed E-state index contributed by atoms with van der Waals surface area (Å²) >= 11 is 0. The lowest BCUT2D eigenvalue weighted by molar-refractivity contribution is -0.384. The molecule has 0 aliphatic carbocycles. The first-order valence-electron chi connectivity index (χ1n) is 7.38.